The van der Waals surface area contributed by atoms with Gasteiger partial charge in [0.2, 0.25) is 5.91 Å². The average Bonchev–Trinajstić information content (AvgIpc) is 3.29. The molecule has 3 unspecified atom stereocenters. The van der Waals surface area contributed by atoms with Crippen LogP contribution < -0.4 is 22.3 Å². The number of aromatic nitrogens is 4. The van der Waals surface area contributed by atoms with Crippen LogP contribution >= 0.6 is 0 Å². The van der Waals surface area contributed by atoms with Crippen LogP contribution in [-0.2, 0) is 16.0 Å². The SMILES string of the molecule is NC(Cc1cnc[nH]1)C(=O)NC1C(CO)[C@@H](CO)O[C@H]1n1ccc(=O)[nH]c1=O. The van der Waals surface area contributed by atoms with Crippen LogP contribution in [0.4, 0.5) is 0 Å². The summed E-state index contributed by atoms with van der Waals surface area (Å²) in [6.45, 7) is -0.826. The van der Waals surface area contributed by atoms with Gasteiger partial charge in [0, 0.05) is 36.5 Å². The third-order valence-corrected chi connectivity index (χ3v) is 4.72. The molecular formula is C16H22N6O6. The smallest absolute Gasteiger partial charge is 0.330 e. The van der Waals surface area contributed by atoms with Crippen molar-refractivity contribution in [2.24, 2.45) is 11.7 Å². The molecule has 1 amide bonds. The number of aromatic amines is 2. The summed E-state index contributed by atoms with van der Waals surface area (Å²) in [6.07, 6.45) is 2.59. The number of hydrogen-bond donors (Lipinski definition) is 6. The number of nitrogens with one attached hydrogen (secondary N) is 3. The molecule has 1 aliphatic heterocycles. The maximum Gasteiger partial charge on any atom is 0.330 e. The summed E-state index contributed by atoms with van der Waals surface area (Å²) >= 11 is 0. The second-order valence-corrected chi connectivity index (χ2v) is 6.53. The van der Waals surface area contributed by atoms with Crippen LogP contribution in [0.1, 0.15) is 11.9 Å². The lowest BCUT2D eigenvalue weighted by Crippen LogP contribution is -2.52. The summed E-state index contributed by atoms with van der Waals surface area (Å²) in [5.74, 6) is -1.21. The third kappa shape index (κ3) is 4.04. The highest BCUT2D eigenvalue weighted by atomic mass is 16.5. The molecule has 3 rings (SSSR count). The van der Waals surface area contributed by atoms with E-state index in [0.29, 0.717) is 5.69 Å². The fraction of sp³-hybridized carbons (Fsp3) is 0.500. The minimum absolute atomic E-state index is 0.204. The molecule has 0 spiro atoms. The quantitative estimate of drug-likeness (QED) is 0.283. The number of amides is 1. The van der Waals surface area contributed by atoms with Gasteiger partial charge in [-0.25, -0.2) is 9.78 Å². The lowest BCUT2D eigenvalue weighted by atomic mass is 9.96. The molecule has 0 aliphatic carbocycles. The van der Waals surface area contributed by atoms with E-state index in [1.54, 1.807) is 6.20 Å². The number of rotatable bonds is 7. The molecule has 0 saturated carbocycles. The van der Waals surface area contributed by atoms with Crippen LogP contribution in [-0.4, -0.2) is 67.0 Å². The Balaban J connectivity index is 1.83. The number of imidazole rings is 1. The zero-order valence-electron chi connectivity index (χ0n) is 14.8. The Labute approximate surface area is 158 Å². The second kappa shape index (κ2) is 8.48. The molecule has 12 heteroatoms. The van der Waals surface area contributed by atoms with E-state index in [2.05, 4.69) is 20.3 Å². The Morgan fingerprint density at radius 3 is 2.79 bits per heavy atom. The molecule has 0 radical (unpaired) electrons. The summed E-state index contributed by atoms with van der Waals surface area (Å²) in [4.78, 5) is 44.9. The Kier molecular flexibility index (Phi) is 6.04. The highest BCUT2D eigenvalue weighted by Gasteiger charge is 2.46. The van der Waals surface area contributed by atoms with Gasteiger partial charge < -0.3 is 31.0 Å². The minimum atomic E-state index is -1.04. The van der Waals surface area contributed by atoms with E-state index in [9.17, 15) is 24.6 Å². The first kappa shape index (κ1) is 19.9. The molecule has 2 aromatic rings. The van der Waals surface area contributed by atoms with Crippen LogP contribution in [0.25, 0.3) is 0 Å². The van der Waals surface area contributed by atoms with Crippen molar-refractivity contribution in [2.75, 3.05) is 13.2 Å². The standard InChI is InChI=1S/C16H22N6O6/c17-10(3-8-4-18-7-19-8)14(26)21-13-9(5-23)11(6-24)28-15(13)22-2-1-12(25)20-16(22)27/h1-2,4,7,9-11,13,15,23-24H,3,5-6,17H2,(H,18,19)(H,21,26)(H,20,25,27)/t9?,10?,11-,13?,15-/m1/s1. The zero-order valence-corrected chi connectivity index (χ0v) is 14.8. The van der Waals surface area contributed by atoms with E-state index >= 15 is 0 Å². The van der Waals surface area contributed by atoms with Crippen molar-refractivity contribution < 1.29 is 19.7 Å². The molecule has 5 atom stereocenters. The van der Waals surface area contributed by atoms with Crippen LogP contribution in [0.2, 0.25) is 0 Å². The zero-order chi connectivity index (χ0) is 20.3. The van der Waals surface area contributed by atoms with Crippen LogP contribution in [0.15, 0.2) is 34.4 Å². The molecule has 0 aromatic carbocycles. The molecule has 2 aromatic heterocycles. The van der Waals surface area contributed by atoms with Gasteiger partial charge in [-0.2, -0.15) is 0 Å². The predicted octanol–water partition coefficient (Wildman–Crippen LogP) is -3.19. The largest absolute Gasteiger partial charge is 0.396 e. The van der Waals surface area contributed by atoms with E-state index < -0.39 is 60.7 Å². The number of carbonyl (C=O) groups is 1. The Bertz CT molecular complexity index is 909. The van der Waals surface area contributed by atoms with Gasteiger partial charge in [0.1, 0.15) is 0 Å². The Morgan fingerprint density at radius 2 is 2.18 bits per heavy atom. The molecule has 1 fully saturated rings. The topological polar surface area (TPSA) is 188 Å². The van der Waals surface area contributed by atoms with Crippen LogP contribution in [0.5, 0.6) is 0 Å². The normalized spacial score (nSPS) is 25.5. The van der Waals surface area contributed by atoms with Gasteiger partial charge in [-0.3, -0.25) is 19.1 Å². The molecule has 7 N–H and O–H groups in total. The summed E-state index contributed by atoms with van der Waals surface area (Å²) in [6, 6.07) is -0.639. The molecule has 3 heterocycles. The lowest BCUT2D eigenvalue weighted by Gasteiger charge is -2.26. The maximum atomic E-state index is 12.6. The van der Waals surface area contributed by atoms with Crippen LogP contribution in [0.3, 0.4) is 0 Å². The van der Waals surface area contributed by atoms with E-state index in [1.165, 1.54) is 12.5 Å². The van der Waals surface area contributed by atoms with Gasteiger partial charge in [-0.15, -0.1) is 0 Å². The van der Waals surface area contributed by atoms with Gasteiger partial charge >= 0.3 is 5.69 Å². The number of aliphatic hydroxyl groups excluding tert-OH is 2. The fourth-order valence-electron chi connectivity index (χ4n) is 3.26. The van der Waals surface area contributed by atoms with Crippen LogP contribution in [0, 0.1) is 5.92 Å². The van der Waals surface area contributed by atoms with E-state index in [1.807, 2.05) is 0 Å². The number of carbonyl (C=O) groups excluding carboxylic acids is 1. The van der Waals surface area contributed by atoms with Crippen molar-refractivity contribution in [3.63, 3.8) is 0 Å². The van der Waals surface area contributed by atoms with Gasteiger partial charge in [-0.05, 0) is 0 Å². The fourth-order valence-corrected chi connectivity index (χ4v) is 3.26. The third-order valence-electron chi connectivity index (χ3n) is 4.72. The van der Waals surface area contributed by atoms with E-state index in [0.717, 1.165) is 10.6 Å². The first-order valence-electron chi connectivity index (χ1n) is 8.66. The van der Waals surface area contributed by atoms with Gasteiger partial charge in [0.05, 0.1) is 37.7 Å². The minimum Gasteiger partial charge on any atom is -0.396 e. The van der Waals surface area contributed by atoms with Gasteiger partial charge in [0.25, 0.3) is 5.56 Å². The first-order chi connectivity index (χ1) is 13.4. The van der Waals surface area contributed by atoms with Gasteiger partial charge in [-0.1, -0.05) is 0 Å². The first-order valence-corrected chi connectivity index (χ1v) is 8.66. The highest BCUT2D eigenvalue weighted by molar-refractivity contribution is 5.82. The number of nitrogens with two attached hydrogens (primary N) is 1. The van der Waals surface area contributed by atoms with E-state index in [-0.39, 0.29) is 6.42 Å². The lowest BCUT2D eigenvalue weighted by molar-refractivity contribution is -0.124. The summed E-state index contributed by atoms with van der Waals surface area (Å²) in [7, 11) is 0. The van der Waals surface area contributed by atoms with Crippen molar-refractivity contribution in [1.29, 1.82) is 0 Å². The Morgan fingerprint density at radius 1 is 1.39 bits per heavy atom. The molecule has 28 heavy (non-hydrogen) atoms. The summed E-state index contributed by atoms with van der Waals surface area (Å²) in [5, 5.41) is 22.0. The van der Waals surface area contributed by atoms with Crippen molar-refractivity contribution in [2.45, 2.75) is 30.8 Å². The molecule has 1 saturated heterocycles. The molecule has 0 bridgehead atoms. The summed E-state index contributed by atoms with van der Waals surface area (Å²) in [5.41, 5.74) is 5.29. The van der Waals surface area contributed by atoms with Crippen molar-refractivity contribution in [3.8, 4) is 0 Å². The molecule has 152 valence electrons. The molecule has 1 aliphatic rings. The van der Waals surface area contributed by atoms with Crippen molar-refractivity contribution >= 4 is 5.91 Å². The maximum absolute atomic E-state index is 12.6. The van der Waals surface area contributed by atoms with Crippen molar-refractivity contribution in [3.05, 3.63) is 51.3 Å². The highest BCUT2D eigenvalue weighted by Crippen LogP contribution is 2.32. The second-order valence-electron chi connectivity index (χ2n) is 6.53. The number of nitrogens with zero attached hydrogens (tertiary/aromatic N) is 2. The number of H-pyrrole nitrogens is 2. The molecular weight excluding hydrogens is 372 g/mol. The number of hydrogen-bond acceptors (Lipinski definition) is 8. The van der Waals surface area contributed by atoms with Crippen molar-refractivity contribution in [1.82, 2.24) is 24.8 Å². The number of aliphatic hydroxyl groups is 2. The monoisotopic (exact) mass is 394 g/mol. The van der Waals surface area contributed by atoms with E-state index in [4.69, 9.17) is 10.5 Å². The summed E-state index contributed by atoms with van der Waals surface area (Å²) < 4.78 is 6.77. The molecule has 12 nitrogen and oxygen atoms in total. The van der Waals surface area contributed by atoms with Gasteiger partial charge in [0.15, 0.2) is 6.23 Å². The average molecular weight is 394 g/mol. The predicted molar refractivity (Wildman–Crippen MR) is 95.1 cm³/mol. The number of ether oxygens (including phenoxy) is 1. The Hall–Kier alpha value is -2.80.